The van der Waals surface area contributed by atoms with E-state index in [1.807, 2.05) is 0 Å². The fourth-order valence-electron chi connectivity index (χ4n) is 5.76. The second-order valence-corrected chi connectivity index (χ2v) is 14.8. The second-order valence-electron chi connectivity index (χ2n) is 10.8. The molecule has 0 saturated carbocycles. The van der Waals surface area contributed by atoms with Crippen LogP contribution >= 0.6 is 14.5 Å². The number of nitrogens with zero attached hydrogens (tertiary/aromatic N) is 6. The number of nitrogens with one attached hydrogen (secondary N) is 1. The van der Waals surface area contributed by atoms with Gasteiger partial charge in [0.1, 0.15) is 54.0 Å². The molecule has 3 aliphatic heterocycles. The van der Waals surface area contributed by atoms with Crippen molar-refractivity contribution in [2.75, 3.05) is 25.6 Å². The highest BCUT2D eigenvalue weighted by molar-refractivity contribution is 8.06. The Balaban J connectivity index is 1.11. The van der Waals surface area contributed by atoms with Gasteiger partial charge in [0.15, 0.2) is 35.4 Å². The molecule has 7 rings (SSSR count). The molecule has 2 bridgehead atoms. The number of aliphatic hydroxyl groups is 1. The molecule has 0 aromatic carbocycles. The van der Waals surface area contributed by atoms with Gasteiger partial charge in [0.05, 0.1) is 32.5 Å². The zero-order chi connectivity index (χ0) is 32.6. The van der Waals surface area contributed by atoms with Crippen LogP contribution in [0, 0.1) is 5.82 Å². The van der Waals surface area contributed by atoms with E-state index in [-0.39, 0.29) is 24.5 Å². The predicted molar refractivity (Wildman–Crippen MR) is 150 cm³/mol. The first-order valence-electron chi connectivity index (χ1n) is 13.4. The van der Waals surface area contributed by atoms with Gasteiger partial charge in [-0.1, -0.05) is 11.8 Å². The number of rotatable bonds is 10. The number of aromatic amines is 1. The largest absolute Gasteiger partial charge is 0.780 e. The van der Waals surface area contributed by atoms with Crippen molar-refractivity contribution in [2.24, 2.45) is 0 Å². The van der Waals surface area contributed by atoms with Gasteiger partial charge in [-0.25, -0.2) is 28.9 Å². The summed E-state index contributed by atoms with van der Waals surface area (Å²) in [7, 11) is -5.09. The van der Waals surface area contributed by atoms with E-state index >= 15 is 0 Å². The molecule has 3 aliphatic rings. The zero-order valence-corrected chi connectivity index (χ0v) is 25.7. The first kappa shape index (κ1) is 31.8. The minimum Gasteiger partial charge on any atom is -0.780 e. The van der Waals surface area contributed by atoms with Crippen molar-refractivity contribution < 1.29 is 56.5 Å². The van der Waals surface area contributed by atoms with Gasteiger partial charge >= 0.3 is 7.82 Å². The van der Waals surface area contributed by atoms with Crippen LogP contribution in [0.25, 0.3) is 22.2 Å². The Morgan fingerprint density at radius 1 is 1.22 bits per heavy atom. The van der Waals surface area contributed by atoms with E-state index in [1.54, 1.807) is 4.57 Å². The van der Waals surface area contributed by atoms with Crippen LogP contribution in [0.2, 0.25) is 0 Å². The van der Waals surface area contributed by atoms with E-state index < -0.39 is 87.0 Å². The number of H-pyrrole nitrogens is 1. The van der Waals surface area contributed by atoms with Crippen molar-refractivity contribution >= 4 is 54.4 Å². The third kappa shape index (κ3) is 5.68. The van der Waals surface area contributed by atoms with Gasteiger partial charge in [-0.05, 0) is 0 Å². The number of nitrogen functional groups attached to an aromatic ring is 1. The summed E-state index contributed by atoms with van der Waals surface area (Å²) in [4.78, 5) is 62.4. The fourth-order valence-corrected chi connectivity index (χ4v) is 7.27. The molecular formula is C22H24FN8O12P2S-. The van der Waals surface area contributed by atoms with Crippen LogP contribution < -0.4 is 16.2 Å². The lowest BCUT2D eigenvalue weighted by molar-refractivity contribution is -0.204. The number of imidazole rings is 1. The fraction of sp³-hybridized carbons (Fsp3) is 0.500. The monoisotopic (exact) mass is 705 g/mol. The van der Waals surface area contributed by atoms with Gasteiger partial charge in [-0.15, -0.1) is 0 Å². The summed E-state index contributed by atoms with van der Waals surface area (Å²) < 4.78 is 63.8. The smallest absolute Gasteiger partial charge is 0.472 e. The average molecular weight is 705 g/mol. The number of ether oxygens (including phenoxy) is 3. The number of aromatic nitrogens is 7. The van der Waals surface area contributed by atoms with Crippen molar-refractivity contribution in [3.05, 3.63) is 41.3 Å². The molecule has 0 aliphatic carbocycles. The van der Waals surface area contributed by atoms with Crippen molar-refractivity contribution in [2.45, 2.75) is 48.9 Å². The van der Waals surface area contributed by atoms with Gasteiger partial charge in [0.2, 0.25) is 0 Å². The molecule has 0 amide bonds. The van der Waals surface area contributed by atoms with Crippen LogP contribution in [0.3, 0.4) is 0 Å². The summed E-state index contributed by atoms with van der Waals surface area (Å²) in [5.41, 5.74) is 4.35. The molecule has 0 radical (unpaired) electrons. The van der Waals surface area contributed by atoms with E-state index in [0.717, 1.165) is 17.1 Å². The summed E-state index contributed by atoms with van der Waals surface area (Å²) in [6.45, 7) is -5.70. The molecule has 20 nitrogen and oxygen atoms in total. The summed E-state index contributed by atoms with van der Waals surface area (Å²) >= 11 is 4.33. The molecule has 3 fully saturated rings. The highest BCUT2D eigenvalue weighted by atomic mass is 32.5. The van der Waals surface area contributed by atoms with Gasteiger partial charge in [0, 0.05) is 12.6 Å². The zero-order valence-electron chi connectivity index (χ0n) is 23.1. The lowest BCUT2D eigenvalue weighted by atomic mass is 10.0. The Morgan fingerprint density at radius 3 is 2.80 bits per heavy atom. The van der Waals surface area contributed by atoms with Crippen LogP contribution in [0.1, 0.15) is 18.9 Å². The third-order valence-corrected chi connectivity index (χ3v) is 9.54. The normalized spacial score (nSPS) is 31.9. The molecule has 6 N–H and O–H groups in total. The molecule has 3 saturated heterocycles. The summed E-state index contributed by atoms with van der Waals surface area (Å²) in [6, 6.07) is 0. The summed E-state index contributed by atoms with van der Waals surface area (Å²) in [6.07, 6.45) is -3.11. The van der Waals surface area contributed by atoms with Crippen molar-refractivity contribution in [1.82, 2.24) is 34.1 Å². The molecule has 4 aromatic heterocycles. The SMILES string of the molecule is Nc1ncnc2c1ncn2[C@@H]1O[C@@]2(COP(=O)(O)O[C@@H]3[C@H](O)[C@@H](COP([O-])(O)=S)O[C@H]3n3cc(F)c4c(=O)[nH]cnc43)CO[C@@H]1C2. The van der Waals surface area contributed by atoms with Crippen molar-refractivity contribution in [3.63, 3.8) is 0 Å². The summed E-state index contributed by atoms with van der Waals surface area (Å²) in [5, 5.41) is 10.6. The van der Waals surface area contributed by atoms with Crippen LogP contribution in [0.4, 0.5) is 10.2 Å². The predicted octanol–water partition coefficient (Wildman–Crippen LogP) is -1.30. The number of phosphoric acid groups is 1. The van der Waals surface area contributed by atoms with E-state index in [9.17, 15) is 33.5 Å². The first-order valence-corrected chi connectivity index (χ1v) is 17.5. The molecule has 248 valence electrons. The van der Waals surface area contributed by atoms with Crippen LogP contribution in [0.15, 0.2) is 30.0 Å². The third-order valence-electron chi connectivity index (χ3n) is 7.79. The Morgan fingerprint density at radius 2 is 2.02 bits per heavy atom. The molecular weight excluding hydrogens is 681 g/mol. The lowest BCUT2D eigenvalue weighted by Crippen LogP contribution is -2.40. The van der Waals surface area contributed by atoms with E-state index in [2.05, 4.69) is 36.7 Å². The van der Waals surface area contributed by atoms with E-state index in [0.29, 0.717) is 11.2 Å². The number of anilines is 1. The number of aliphatic hydroxyl groups excluding tert-OH is 1. The maximum absolute atomic E-state index is 14.8. The number of hydrogen-bond donors (Lipinski definition) is 5. The molecule has 7 heterocycles. The Bertz CT molecular complexity index is 1970. The highest BCUT2D eigenvalue weighted by Crippen LogP contribution is 2.53. The molecule has 0 spiro atoms. The molecule has 46 heavy (non-hydrogen) atoms. The molecule has 9 atom stereocenters. The van der Waals surface area contributed by atoms with Gasteiger partial charge in [-0.2, -0.15) is 0 Å². The Hall–Kier alpha value is -2.82. The standard InChI is InChI=1S/C22H25FN8O12P2S/c23-9-2-30(17-12(9)19(33)28-7-26-17)21-15(14(32)11(41-21)3-39-45(36,37)46)43-44(34,35)40-5-22-1-10(38-4-22)20(42-22)31-8-29-13-16(24)25-6-27-18(13)31/h2,6-8,10-11,14-15,20-21,32H,1,3-5H2,(H,34,35)(H2,24,25,27)(H,26,28,33)(H2,36,37,46)/p-1/t10-,11-,14-,15-,20-,21-,22-/m1/s1. The topological polar surface area (TPSA) is 276 Å². The lowest BCUT2D eigenvalue weighted by Gasteiger charge is -2.32. The Labute approximate surface area is 260 Å². The number of fused-ring (bicyclic) bond motifs is 4. The molecule has 4 aromatic rings. The quantitative estimate of drug-likeness (QED) is 0.120. The van der Waals surface area contributed by atoms with Crippen LogP contribution in [-0.2, 0) is 44.2 Å². The average Bonchev–Trinajstić information content (AvgIpc) is 3.80. The maximum Gasteiger partial charge on any atom is 0.472 e. The Kier molecular flexibility index (Phi) is 7.88. The van der Waals surface area contributed by atoms with Crippen molar-refractivity contribution in [3.8, 4) is 0 Å². The van der Waals surface area contributed by atoms with Crippen LogP contribution in [0.5, 0.6) is 0 Å². The molecule has 24 heteroatoms. The van der Waals surface area contributed by atoms with Gasteiger partial charge in [-0.3, -0.25) is 18.4 Å². The van der Waals surface area contributed by atoms with E-state index in [4.69, 9.17) is 33.5 Å². The van der Waals surface area contributed by atoms with Gasteiger partial charge in [0.25, 0.3) is 5.56 Å². The number of hydrogen-bond acceptors (Lipinski definition) is 16. The number of nitrogens with two attached hydrogens (primary N) is 1. The van der Waals surface area contributed by atoms with Gasteiger partial charge < -0.3 is 53.8 Å². The molecule has 2 unspecified atom stereocenters. The minimum atomic E-state index is -5.09. The second kappa shape index (κ2) is 11.4. The van der Waals surface area contributed by atoms with Crippen LogP contribution in [-0.4, -0.2) is 98.8 Å². The number of halogens is 1. The minimum absolute atomic E-state index is 0.00621. The summed E-state index contributed by atoms with van der Waals surface area (Å²) in [5.74, 6) is -0.848. The first-order chi connectivity index (χ1) is 21.7. The highest BCUT2D eigenvalue weighted by Gasteiger charge is 2.56. The van der Waals surface area contributed by atoms with E-state index in [1.165, 1.54) is 12.7 Å². The van der Waals surface area contributed by atoms with Crippen molar-refractivity contribution in [1.29, 1.82) is 0 Å². The maximum atomic E-state index is 14.8. The number of phosphoric ester groups is 1.